The normalized spacial score (nSPS) is 17.7. The van der Waals surface area contributed by atoms with Gasteiger partial charge in [-0.25, -0.2) is 4.98 Å². The van der Waals surface area contributed by atoms with Crippen LogP contribution in [0.1, 0.15) is 45.4 Å². The summed E-state index contributed by atoms with van der Waals surface area (Å²) in [6.07, 6.45) is 6.14. The Hall–Kier alpha value is -0.640. The highest BCUT2D eigenvalue weighted by Crippen LogP contribution is 2.48. The lowest BCUT2D eigenvalue weighted by Gasteiger charge is -2.11. The standard InChI is InChI=1S/C11H19N3S/c1-3-5-9-13-10(15-14-9)12-8-11(4-2)6-7-11/h3-8H2,1-2H3,(H,12,13,14). The van der Waals surface area contributed by atoms with E-state index in [1.54, 1.807) is 0 Å². The van der Waals surface area contributed by atoms with Crippen LogP contribution in [0.25, 0.3) is 0 Å². The molecule has 1 heterocycles. The zero-order valence-electron chi connectivity index (χ0n) is 9.55. The number of rotatable bonds is 6. The Bertz CT molecular complexity index is 317. The fraction of sp³-hybridized carbons (Fsp3) is 0.818. The summed E-state index contributed by atoms with van der Waals surface area (Å²) in [5.41, 5.74) is 0.580. The summed E-state index contributed by atoms with van der Waals surface area (Å²) in [6, 6.07) is 0. The summed E-state index contributed by atoms with van der Waals surface area (Å²) in [4.78, 5) is 4.46. The first-order valence-corrected chi connectivity index (χ1v) is 6.62. The largest absolute Gasteiger partial charge is 0.360 e. The Labute approximate surface area is 95.5 Å². The molecule has 0 aromatic carbocycles. The van der Waals surface area contributed by atoms with Gasteiger partial charge in [-0.15, -0.1) is 0 Å². The minimum atomic E-state index is 0.580. The van der Waals surface area contributed by atoms with E-state index in [1.807, 2.05) is 0 Å². The first-order chi connectivity index (χ1) is 7.28. The quantitative estimate of drug-likeness (QED) is 0.808. The Morgan fingerprint density at radius 3 is 2.80 bits per heavy atom. The molecule has 3 nitrogen and oxygen atoms in total. The molecular weight excluding hydrogens is 206 g/mol. The lowest BCUT2D eigenvalue weighted by Crippen LogP contribution is -2.14. The molecule has 1 aliphatic carbocycles. The molecule has 4 heteroatoms. The second-order valence-electron chi connectivity index (χ2n) is 4.47. The van der Waals surface area contributed by atoms with E-state index in [2.05, 4.69) is 28.5 Å². The number of aryl methyl sites for hydroxylation is 1. The van der Waals surface area contributed by atoms with Gasteiger partial charge in [0.1, 0.15) is 5.82 Å². The number of aromatic nitrogens is 2. The van der Waals surface area contributed by atoms with Crippen molar-refractivity contribution in [3.8, 4) is 0 Å². The van der Waals surface area contributed by atoms with Gasteiger partial charge in [-0.3, -0.25) is 0 Å². The number of hydrogen-bond donors (Lipinski definition) is 1. The molecule has 84 valence electrons. The number of hydrogen-bond acceptors (Lipinski definition) is 4. The maximum absolute atomic E-state index is 4.46. The van der Waals surface area contributed by atoms with Crippen molar-refractivity contribution in [1.82, 2.24) is 9.36 Å². The third kappa shape index (κ3) is 2.68. The molecular formula is C11H19N3S. The van der Waals surface area contributed by atoms with Crippen LogP contribution in [0.5, 0.6) is 0 Å². The summed E-state index contributed by atoms with van der Waals surface area (Å²) in [5.74, 6) is 0.992. The molecule has 1 aromatic rings. The van der Waals surface area contributed by atoms with Gasteiger partial charge in [0.15, 0.2) is 0 Å². The van der Waals surface area contributed by atoms with E-state index >= 15 is 0 Å². The minimum absolute atomic E-state index is 0.580. The van der Waals surface area contributed by atoms with Gasteiger partial charge in [0.25, 0.3) is 0 Å². The van der Waals surface area contributed by atoms with Crippen molar-refractivity contribution in [3.63, 3.8) is 0 Å². The van der Waals surface area contributed by atoms with Crippen molar-refractivity contribution in [2.45, 2.75) is 46.0 Å². The zero-order valence-corrected chi connectivity index (χ0v) is 10.4. The van der Waals surface area contributed by atoms with Crippen LogP contribution in [0, 0.1) is 5.41 Å². The van der Waals surface area contributed by atoms with Crippen molar-refractivity contribution < 1.29 is 0 Å². The highest BCUT2D eigenvalue weighted by molar-refractivity contribution is 7.09. The van der Waals surface area contributed by atoms with Gasteiger partial charge in [0.2, 0.25) is 5.13 Å². The molecule has 1 N–H and O–H groups in total. The van der Waals surface area contributed by atoms with Crippen LogP contribution in [0.15, 0.2) is 0 Å². The summed E-state index contributed by atoms with van der Waals surface area (Å²) < 4.78 is 4.32. The number of nitrogens with zero attached hydrogens (tertiary/aromatic N) is 2. The summed E-state index contributed by atoms with van der Waals surface area (Å²) in [7, 11) is 0. The van der Waals surface area contributed by atoms with Crippen molar-refractivity contribution in [1.29, 1.82) is 0 Å². The van der Waals surface area contributed by atoms with Gasteiger partial charge >= 0.3 is 0 Å². The fourth-order valence-electron chi connectivity index (χ4n) is 1.75. The molecule has 0 unspecified atom stereocenters. The highest BCUT2D eigenvalue weighted by atomic mass is 32.1. The van der Waals surface area contributed by atoms with Crippen LogP contribution in [0.4, 0.5) is 5.13 Å². The van der Waals surface area contributed by atoms with Crippen LogP contribution in [0.3, 0.4) is 0 Å². The van der Waals surface area contributed by atoms with Crippen LogP contribution in [0.2, 0.25) is 0 Å². The number of anilines is 1. The van der Waals surface area contributed by atoms with Gasteiger partial charge in [0.05, 0.1) is 0 Å². The predicted octanol–water partition coefficient (Wildman–Crippen LogP) is 3.09. The van der Waals surface area contributed by atoms with Gasteiger partial charge in [0, 0.05) is 24.5 Å². The smallest absolute Gasteiger partial charge is 0.202 e. The Kier molecular flexibility index (Phi) is 3.24. The van der Waals surface area contributed by atoms with Crippen molar-refractivity contribution in [2.24, 2.45) is 5.41 Å². The maximum atomic E-state index is 4.46. The van der Waals surface area contributed by atoms with Crippen molar-refractivity contribution >= 4 is 16.7 Å². The molecule has 0 atom stereocenters. The van der Waals surface area contributed by atoms with Crippen molar-refractivity contribution in [3.05, 3.63) is 5.82 Å². The minimum Gasteiger partial charge on any atom is -0.360 e. The molecule has 0 amide bonds. The molecule has 1 aromatic heterocycles. The van der Waals surface area contributed by atoms with E-state index in [4.69, 9.17) is 0 Å². The summed E-state index contributed by atoms with van der Waals surface area (Å²) in [6.45, 7) is 5.51. The van der Waals surface area contributed by atoms with E-state index in [9.17, 15) is 0 Å². The lowest BCUT2D eigenvalue weighted by molar-refractivity contribution is 0.521. The van der Waals surface area contributed by atoms with Crippen molar-refractivity contribution in [2.75, 3.05) is 11.9 Å². The third-order valence-electron chi connectivity index (χ3n) is 3.26. The molecule has 15 heavy (non-hydrogen) atoms. The summed E-state index contributed by atoms with van der Waals surface area (Å²) in [5, 5.41) is 4.42. The van der Waals surface area contributed by atoms with E-state index in [0.29, 0.717) is 5.41 Å². The van der Waals surface area contributed by atoms with Gasteiger partial charge < -0.3 is 5.32 Å². The topological polar surface area (TPSA) is 37.8 Å². The molecule has 0 spiro atoms. The van der Waals surface area contributed by atoms with Crippen LogP contribution < -0.4 is 5.32 Å². The average molecular weight is 225 g/mol. The Morgan fingerprint density at radius 1 is 1.40 bits per heavy atom. The van der Waals surface area contributed by atoms with Crippen LogP contribution in [-0.2, 0) is 6.42 Å². The Morgan fingerprint density at radius 2 is 2.20 bits per heavy atom. The van der Waals surface area contributed by atoms with E-state index in [1.165, 1.54) is 30.8 Å². The Balaban J connectivity index is 1.83. The van der Waals surface area contributed by atoms with Crippen LogP contribution in [-0.4, -0.2) is 15.9 Å². The lowest BCUT2D eigenvalue weighted by atomic mass is 10.0. The molecule has 0 aliphatic heterocycles. The fourth-order valence-corrected chi connectivity index (χ4v) is 2.35. The molecule has 1 fully saturated rings. The van der Waals surface area contributed by atoms with E-state index in [-0.39, 0.29) is 0 Å². The molecule has 1 aliphatic rings. The SMILES string of the molecule is CCCc1nsc(NCC2(CC)CC2)n1. The van der Waals surface area contributed by atoms with Gasteiger partial charge in [-0.05, 0) is 31.1 Å². The van der Waals surface area contributed by atoms with E-state index in [0.717, 1.165) is 30.3 Å². The summed E-state index contributed by atoms with van der Waals surface area (Å²) >= 11 is 1.50. The van der Waals surface area contributed by atoms with Crippen LogP contribution >= 0.6 is 11.5 Å². The molecule has 1 saturated carbocycles. The second kappa shape index (κ2) is 4.47. The first-order valence-electron chi connectivity index (χ1n) is 5.84. The monoisotopic (exact) mass is 225 g/mol. The zero-order chi connectivity index (χ0) is 10.7. The van der Waals surface area contributed by atoms with E-state index < -0.39 is 0 Å². The molecule has 0 saturated heterocycles. The van der Waals surface area contributed by atoms with Gasteiger partial charge in [-0.1, -0.05) is 13.8 Å². The third-order valence-corrected chi connectivity index (χ3v) is 3.97. The molecule has 0 radical (unpaired) electrons. The average Bonchev–Trinajstić information content (AvgIpc) is 2.91. The second-order valence-corrected chi connectivity index (χ2v) is 5.22. The molecule has 0 bridgehead atoms. The maximum Gasteiger partial charge on any atom is 0.202 e. The first kappa shape index (κ1) is 10.9. The van der Waals surface area contributed by atoms with Gasteiger partial charge in [-0.2, -0.15) is 4.37 Å². The highest BCUT2D eigenvalue weighted by Gasteiger charge is 2.40. The number of nitrogens with one attached hydrogen (secondary N) is 1. The molecule has 2 rings (SSSR count). The predicted molar refractivity (Wildman–Crippen MR) is 64.4 cm³/mol.